The third-order valence-electron chi connectivity index (χ3n) is 13.3. The number of carboxylic acid groups (broad SMARTS) is 1. The number of carbonyl (C=O) groups excluding carboxylic acids is 3. The number of nitrogens with one attached hydrogen (secondary N) is 3. The summed E-state index contributed by atoms with van der Waals surface area (Å²) in [5.41, 5.74) is 2.20. The van der Waals surface area contributed by atoms with Gasteiger partial charge >= 0.3 is 5.97 Å². The van der Waals surface area contributed by atoms with E-state index in [-0.39, 0.29) is 48.9 Å². The van der Waals surface area contributed by atoms with Crippen LogP contribution in [-0.2, 0) is 37.0 Å². The summed E-state index contributed by atoms with van der Waals surface area (Å²) in [7, 11) is 0. The lowest BCUT2D eigenvalue weighted by Gasteiger charge is -2.47. The topological polar surface area (TPSA) is 244 Å². The highest BCUT2D eigenvalue weighted by Crippen LogP contribution is 2.36. The zero-order valence-electron chi connectivity index (χ0n) is 37.3. The molecular formula is C48H64N6O11. The van der Waals surface area contributed by atoms with Gasteiger partial charge in [-0.05, 0) is 93.2 Å². The maximum Gasteiger partial charge on any atom is 0.336 e. The number of ether oxygens (including phenoxy) is 3. The zero-order chi connectivity index (χ0) is 46.1. The Hall–Kier alpha value is -5.20. The predicted molar refractivity (Wildman–Crippen MR) is 237 cm³/mol. The van der Waals surface area contributed by atoms with Gasteiger partial charge in [-0.3, -0.25) is 14.4 Å². The highest BCUT2D eigenvalue weighted by Gasteiger charge is 2.54. The summed E-state index contributed by atoms with van der Waals surface area (Å²) < 4.78 is 19.5. The zero-order valence-corrected chi connectivity index (χ0v) is 37.3. The van der Waals surface area contributed by atoms with Crippen LogP contribution in [0.5, 0.6) is 5.75 Å². The smallest absolute Gasteiger partial charge is 0.336 e. The Morgan fingerprint density at radius 2 is 1.72 bits per heavy atom. The first-order valence-electron chi connectivity index (χ1n) is 23.1. The summed E-state index contributed by atoms with van der Waals surface area (Å²) in [6.07, 6.45) is 6.38. The Morgan fingerprint density at radius 3 is 2.46 bits per heavy atom. The summed E-state index contributed by atoms with van der Waals surface area (Å²) in [6.45, 7) is 4.13. The lowest BCUT2D eigenvalue weighted by molar-refractivity contribution is -0.226. The minimum atomic E-state index is -2.06. The molecule has 3 unspecified atom stereocenters. The van der Waals surface area contributed by atoms with Crippen LogP contribution in [0.3, 0.4) is 0 Å². The average Bonchev–Trinajstić information content (AvgIpc) is 3.77. The van der Waals surface area contributed by atoms with Crippen molar-refractivity contribution in [3.05, 3.63) is 88.3 Å². The SMILES string of the molecule is Cc1cc2cc(C)c1OCc1cccc(c1)[C@H](NC(=O)C1CCCOC1)CCC/C=C/C[C@]1(C(=O)O)C[C@H](O)C(NC(=O)Cn3cc(C4CCCCC4)nn3)[C@@H](O1)C(O)[C@H](O)CNC2=O. The van der Waals surface area contributed by atoms with E-state index in [1.807, 2.05) is 44.2 Å². The van der Waals surface area contributed by atoms with E-state index in [0.29, 0.717) is 49.4 Å². The number of rotatable bonds is 7. The lowest BCUT2D eigenvalue weighted by atomic mass is 9.81. The van der Waals surface area contributed by atoms with E-state index in [2.05, 4.69) is 26.3 Å². The van der Waals surface area contributed by atoms with Crippen molar-refractivity contribution in [2.24, 2.45) is 5.92 Å². The second kappa shape index (κ2) is 21.9. The molecule has 2 aromatic carbocycles. The second-order valence-corrected chi connectivity index (χ2v) is 18.2. The first-order chi connectivity index (χ1) is 31.3. The van der Waals surface area contributed by atoms with Gasteiger partial charge in [0.05, 0.1) is 42.5 Å². The monoisotopic (exact) mass is 900 g/mol. The quantitative estimate of drug-likeness (QED) is 0.167. The number of nitrogens with zero attached hydrogens (tertiary/aromatic N) is 3. The fraction of sp³-hybridized carbons (Fsp3) is 0.583. The third kappa shape index (κ3) is 12.0. The molecule has 3 fully saturated rings. The number of hydrogen-bond donors (Lipinski definition) is 7. The number of aliphatic carboxylic acids is 1. The van der Waals surface area contributed by atoms with Crippen LogP contribution in [0.25, 0.3) is 0 Å². The molecule has 1 aliphatic carbocycles. The number of amides is 3. The molecule has 1 aromatic heterocycles. The van der Waals surface area contributed by atoms with Crippen LogP contribution in [0.15, 0.2) is 54.7 Å². The van der Waals surface area contributed by atoms with E-state index in [1.165, 1.54) is 11.1 Å². The van der Waals surface area contributed by atoms with Gasteiger partial charge in [-0.2, -0.15) is 0 Å². The van der Waals surface area contributed by atoms with Crippen molar-refractivity contribution in [3.8, 4) is 5.75 Å². The summed E-state index contributed by atoms with van der Waals surface area (Å²) in [4.78, 5) is 53.6. The van der Waals surface area contributed by atoms with E-state index in [9.17, 15) is 39.6 Å². The van der Waals surface area contributed by atoms with E-state index in [4.69, 9.17) is 14.2 Å². The molecule has 17 nitrogen and oxygen atoms in total. The van der Waals surface area contributed by atoms with Gasteiger partial charge in [0.2, 0.25) is 11.8 Å². The maximum atomic E-state index is 13.5. The Balaban J connectivity index is 1.13. The van der Waals surface area contributed by atoms with Gasteiger partial charge in [0.25, 0.3) is 5.91 Å². The number of aromatic nitrogens is 3. The number of aryl methyl sites for hydroxylation is 2. The van der Waals surface area contributed by atoms with Crippen molar-refractivity contribution < 1.29 is 53.8 Å². The fourth-order valence-corrected chi connectivity index (χ4v) is 9.63. The Kier molecular flexibility index (Phi) is 16.1. The standard InChI is InChI=1S/C48H64N6O11/c1-29-20-35-21-30(2)43(29)64-27-31-12-10-15-33(22-31)36(50-46(60)34-16-11-19-63-28-34)17-8-3-4-9-18-48(47(61)62)23-38(55)41(44(65-48)42(58)39(56)24-49-45(35)59)51-40(57)26-54-25-37(52-53-54)32-13-6-5-7-14-32/h4,9-10,12,15,20-22,25,32,34,36,38-39,41-42,44,55-56,58H,3,5-8,11,13-14,16-19,23-24,26-28H2,1-2H3,(H,49,59)(H,50,60)(H,51,57)(H,61,62)/b9-4+/t34?,36-,38+,39-,41?,42?,44-,48-/m1/s1. The molecule has 5 aliphatic rings. The molecule has 352 valence electrons. The summed E-state index contributed by atoms with van der Waals surface area (Å²) in [5.74, 6) is -2.04. The van der Waals surface area contributed by atoms with Crippen LogP contribution < -0.4 is 20.7 Å². The first-order valence-corrected chi connectivity index (χ1v) is 23.1. The number of fused-ring (bicyclic) bond motifs is 12. The lowest BCUT2D eigenvalue weighted by Crippen LogP contribution is -2.67. The Bertz CT molecular complexity index is 2140. The molecule has 1 saturated carbocycles. The van der Waals surface area contributed by atoms with Crippen LogP contribution in [0.4, 0.5) is 0 Å². The molecular weight excluding hydrogens is 837 g/mol. The molecule has 6 bridgehead atoms. The van der Waals surface area contributed by atoms with Gasteiger partial charge < -0.3 is 50.6 Å². The van der Waals surface area contributed by atoms with Crippen molar-refractivity contribution >= 4 is 23.7 Å². The highest BCUT2D eigenvalue weighted by molar-refractivity contribution is 5.95. The number of hydrogen-bond acceptors (Lipinski definition) is 12. The van der Waals surface area contributed by atoms with Crippen LogP contribution in [-0.4, -0.2) is 115 Å². The van der Waals surface area contributed by atoms with Gasteiger partial charge in [0, 0.05) is 43.7 Å². The van der Waals surface area contributed by atoms with Gasteiger partial charge in [0.1, 0.15) is 31.1 Å². The first kappa shape index (κ1) is 47.8. The van der Waals surface area contributed by atoms with E-state index in [0.717, 1.165) is 55.3 Å². The molecule has 17 heteroatoms. The molecule has 7 N–H and O–H groups in total. The van der Waals surface area contributed by atoms with E-state index < -0.39 is 66.8 Å². The summed E-state index contributed by atoms with van der Waals surface area (Å²) >= 11 is 0. The molecule has 0 spiro atoms. The molecule has 0 radical (unpaired) electrons. The van der Waals surface area contributed by atoms with E-state index in [1.54, 1.807) is 24.4 Å². The molecule has 5 heterocycles. The van der Waals surface area contributed by atoms with Crippen molar-refractivity contribution in [1.29, 1.82) is 0 Å². The number of carboxylic acids is 1. The summed E-state index contributed by atoms with van der Waals surface area (Å²) in [6, 6.07) is 9.48. The largest absolute Gasteiger partial charge is 0.488 e. The normalized spacial score (nSPS) is 29.1. The molecule has 8 atom stereocenters. The molecule has 8 rings (SSSR count). The number of allylic oxidation sites excluding steroid dienone is 1. The van der Waals surface area contributed by atoms with Crippen molar-refractivity contribution in [2.75, 3.05) is 19.8 Å². The molecule has 3 amide bonds. The average molecular weight is 901 g/mol. The molecule has 3 aromatic rings. The number of carbonyl (C=O) groups is 4. The van der Waals surface area contributed by atoms with Gasteiger partial charge in [-0.1, -0.05) is 60.9 Å². The van der Waals surface area contributed by atoms with Gasteiger partial charge in [0.15, 0.2) is 5.60 Å². The van der Waals surface area contributed by atoms with Crippen LogP contribution >= 0.6 is 0 Å². The Morgan fingerprint density at radius 1 is 0.938 bits per heavy atom. The van der Waals surface area contributed by atoms with Crippen LogP contribution in [0.1, 0.15) is 127 Å². The molecule has 4 aliphatic heterocycles. The number of aliphatic hydroxyl groups excluding tert-OH is 3. The maximum absolute atomic E-state index is 13.5. The predicted octanol–water partition coefficient (Wildman–Crippen LogP) is 3.85. The minimum Gasteiger partial charge on any atom is -0.488 e. The van der Waals surface area contributed by atoms with Crippen molar-refractivity contribution in [2.45, 2.75) is 152 Å². The van der Waals surface area contributed by atoms with Gasteiger partial charge in [-0.25, -0.2) is 9.48 Å². The minimum absolute atomic E-state index is 0.0784. The second-order valence-electron chi connectivity index (χ2n) is 18.2. The highest BCUT2D eigenvalue weighted by atomic mass is 16.6. The fourth-order valence-electron chi connectivity index (χ4n) is 9.63. The number of aliphatic hydroxyl groups is 3. The van der Waals surface area contributed by atoms with Gasteiger partial charge in [-0.15, -0.1) is 5.10 Å². The Labute approximate surface area is 379 Å². The van der Waals surface area contributed by atoms with E-state index >= 15 is 0 Å². The van der Waals surface area contributed by atoms with Crippen molar-refractivity contribution in [1.82, 2.24) is 30.9 Å². The molecule has 65 heavy (non-hydrogen) atoms. The van der Waals surface area contributed by atoms with Crippen LogP contribution in [0, 0.1) is 19.8 Å². The summed E-state index contributed by atoms with van der Waals surface area (Å²) in [5, 5.41) is 62.4. The third-order valence-corrected chi connectivity index (χ3v) is 13.3. The number of benzene rings is 2. The van der Waals surface area contributed by atoms with Crippen LogP contribution in [0.2, 0.25) is 0 Å². The van der Waals surface area contributed by atoms with Crippen molar-refractivity contribution in [3.63, 3.8) is 0 Å². The molecule has 2 saturated heterocycles.